The van der Waals surface area contributed by atoms with E-state index in [0.717, 1.165) is 0 Å². The predicted molar refractivity (Wildman–Crippen MR) is 69.9 cm³/mol. The van der Waals surface area contributed by atoms with Gasteiger partial charge in [0.1, 0.15) is 6.42 Å². The Balaban J connectivity index is 0. The van der Waals surface area contributed by atoms with Crippen molar-refractivity contribution in [2.24, 2.45) is 0 Å². The van der Waals surface area contributed by atoms with E-state index in [1.54, 1.807) is 0 Å². The average Bonchev–Trinajstić information content (AvgIpc) is 2.11. The summed E-state index contributed by atoms with van der Waals surface area (Å²) in [6.45, 7) is 2.66. The van der Waals surface area contributed by atoms with Crippen LogP contribution >= 0.6 is 24.4 Å². The first-order valence-electron chi connectivity index (χ1n) is 5.21. The Kier molecular flexibility index (Phi) is 10.4. The molecule has 0 saturated heterocycles. The molecule has 120 valence electrons. The van der Waals surface area contributed by atoms with Crippen LogP contribution in [0.25, 0.3) is 0 Å². The molecule has 0 fully saturated rings. The van der Waals surface area contributed by atoms with Crippen molar-refractivity contribution in [3.05, 3.63) is 0 Å². The maximum absolute atomic E-state index is 12.8. The van der Waals surface area contributed by atoms with Crippen molar-refractivity contribution in [1.29, 1.82) is 0 Å². The van der Waals surface area contributed by atoms with E-state index in [2.05, 4.69) is 12.6 Å². The van der Waals surface area contributed by atoms with Crippen LogP contribution in [0.1, 0.15) is 26.7 Å². The highest BCUT2D eigenvalue weighted by molar-refractivity contribution is 8.13. The SMILES string of the molecule is CC(=O)S.CC(=[OH+])SCCC(F)C(F)(F)CC(F)(F)F. The maximum atomic E-state index is 12.8. The monoisotopic (exact) mass is 345 g/mol. The summed E-state index contributed by atoms with van der Waals surface area (Å²) in [5, 5.41) is -0.286. The van der Waals surface area contributed by atoms with Crippen molar-refractivity contribution in [2.75, 3.05) is 5.75 Å². The zero-order valence-electron chi connectivity index (χ0n) is 10.7. The molecular weight excluding hydrogens is 330 g/mol. The van der Waals surface area contributed by atoms with Gasteiger partial charge in [0.2, 0.25) is 0 Å². The van der Waals surface area contributed by atoms with Gasteiger partial charge in [0, 0.05) is 12.7 Å². The van der Waals surface area contributed by atoms with E-state index in [1.807, 2.05) is 0 Å². The van der Waals surface area contributed by atoms with E-state index in [-0.39, 0.29) is 16.0 Å². The molecule has 0 aromatic carbocycles. The second-order valence-electron chi connectivity index (χ2n) is 3.70. The van der Waals surface area contributed by atoms with Crippen LogP contribution in [0.2, 0.25) is 0 Å². The zero-order valence-corrected chi connectivity index (χ0v) is 12.4. The van der Waals surface area contributed by atoms with Gasteiger partial charge in [-0.2, -0.15) is 13.2 Å². The van der Waals surface area contributed by atoms with Crippen molar-refractivity contribution in [2.45, 2.75) is 45.0 Å². The fourth-order valence-electron chi connectivity index (χ4n) is 0.899. The van der Waals surface area contributed by atoms with Crippen LogP contribution < -0.4 is 0 Å². The molecule has 2 nitrogen and oxygen atoms in total. The molecule has 20 heavy (non-hydrogen) atoms. The summed E-state index contributed by atoms with van der Waals surface area (Å²) in [6.07, 6.45) is -11.2. The predicted octanol–water partition coefficient (Wildman–Crippen LogP) is 4.02. The lowest BCUT2D eigenvalue weighted by molar-refractivity contribution is -0.204. The normalized spacial score (nSPS) is 13.2. The van der Waals surface area contributed by atoms with Crippen molar-refractivity contribution in [3.63, 3.8) is 0 Å². The van der Waals surface area contributed by atoms with Gasteiger partial charge >= 0.3 is 11.3 Å². The Labute approximate surface area is 122 Å². The molecule has 0 saturated carbocycles. The van der Waals surface area contributed by atoms with E-state index in [1.165, 1.54) is 13.8 Å². The molecule has 0 bridgehead atoms. The Morgan fingerprint density at radius 1 is 1.25 bits per heavy atom. The Morgan fingerprint density at radius 2 is 1.65 bits per heavy atom. The zero-order chi connectivity index (χ0) is 16.6. The molecule has 0 aromatic rings. The first-order chi connectivity index (χ1) is 8.78. The average molecular weight is 345 g/mol. The minimum absolute atomic E-state index is 0.139. The standard InChI is InChI=1S/C8H10F6OS.C2H4OS/c1-5(15)16-3-2-6(9)7(10,11)4-8(12,13)14;1-2(3)4/h6H,2-4H2,1H3;1H3,(H,3,4)/p+1. The Hall–Kier alpha value is -0.380. The molecule has 1 N–H and O–H groups in total. The van der Waals surface area contributed by atoms with Gasteiger partial charge in [-0.1, -0.05) is 0 Å². The lowest BCUT2D eigenvalue weighted by Crippen LogP contribution is -2.35. The number of halogens is 6. The van der Waals surface area contributed by atoms with Gasteiger partial charge in [-0.15, -0.1) is 12.6 Å². The quantitative estimate of drug-likeness (QED) is 0.464. The van der Waals surface area contributed by atoms with Gasteiger partial charge in [0.25, 0.3) is 5.92 Å². The molecule has 0 amide bonds. The fourth-order valence-corrected chi connectivity index (χ4v) is 1.52. The highest BCUT2D eigenvalue weighted by atomic mass is 32.2. The smallest absolute Gasteiger partial charge is 0.288 e. The summed E-state index contributed by atoms with van der Waals surface area (Å²) in [6, 6.07) is 0. The third-order valence-electron chi connectivity index (χ3n) is 1.58. The molecule has 0 aliphatic rings. The lowest BCUT2D eigenvalue weighted by atomic mass is 10.1. The van der Waals surface area contributed by atoms with E-state index in [9.17, 15) is 31.1 Å². The highest BCUT2D eigenvalue weighted by Crippen LogP contribution is 2.36. The third-order valence-corrected chi connectivity index (χ3v) is 2.43. The maximum Gasteiger partial charge on any atom is 0.394 e. The van der Waals surface area contributed by atoms with Gasteiger partial charge in [0.05, 0.1) is 6.92 Å². The summed E-state index contributed by atoms with van der Waals surface area (Å²) in [5.41, 5.74) is 0. The summed E-state index contributed by atoms with van der Waals surface area (Å²) < 4.78 is 73.1. The number of rotatable bonds is 5. The van der Waals surface area contributed by atoms with Crippen molar-refractivity contribution < 1.29 is 35.9 Å². The van der Waals surface area contributed by atoms with Crippen LogP contribution in [0.4, 0.5) is 26.3 Å². The molecule has 10 heteroatoms. The first-order valence-corrected chi connectivity index (χ1v) is 6.64. The van der Waals surface area contributed by atoms with Crippen LogP contribution in [-0.2, 0) is 4.79 Å². The number of hydrogen-bond acceptors (Lipinski definition) is 2. The molecule has 0 radical (unpaired) electrons. The van der Waals surface area contributed by atoms with Crippen molar-refractivity contribution >= 4 is 34.6 Å². The number of carbonyl (C=O) groups excluding carboxylic acids is 2. The number of alkyl halides is 6. The van der Waals surface area contributed by atoms with Gasteiger partial charge in [0.15, 0.2) is 11.3 Å². The molecule has 0 aliphatic carbocycles. The molecule has 0 heterocycles. The van der Waals surface area contributed by atoms with Crippen LogP contribution in [0, 0.1) is 0 Å². The minimum atomic E-state index is -5.10. The van der Waals surface area contributed by atoms with Gasteiger partial charge in [-0.25, -0.2) is 13.2 Å². The van der Waals surface area contributed by atoms with Gasteiger partial charge in [-0.05, 0) is 18.2 Å². The molecule has 0 spiro atoms. The van der Waals surface area contributed by atoms with Crippen molar-refractivity contribution in [1.82, 2.24) is 0 Å². The summed E-state index contributed by atoms with van der Waals surface area (Å²) in [5.74, 6) is -4.61. The number of hydrogen-bond donors (Lipinski definition) is 1. The molecular formula is C10H15F6O2S2+. The first kappa shape index (κ1) is 21.9. The van der Waals surface area contributed by atoms with E-state index >= 15 is 0 Å². The molecule has 1 atom stereocenters. The fraction of sp³-hybridized carbons (Fsp3) is 0.800. The Morgan fingerprint density at radius 3 is 1.95 bits per heavy atom. The molecule has 1 unspecified atom stereocenters. The number of thiol groups is 1. The van der Waals surface area contributed by atoms with Gasteiger partial charge in [-0.3, -0.25) is 9.59 Å². The second-order valence-corrected chi connectivity index (χ2v) is 5.61. The van der Waals surface area contributed by atoms with E-state index in [0.29, 0.717) is 11.8 Å². The highest BCUT2D eigenvalue weighted by Gasteiger charge is 2.49. The minimum Gasteiger partial charge on any atom is -0.288 e. The molecule has 0 rings (SSSR count). The number of carbonyl (C=O) groups is 1. The molecule has 0 aliphatic heterocycles. The van der Waals surface area contributed by atoms with Gasteiger partial charge < -0.3 is 0 Å². The second kappa shape index (κ2) is 9.54. The summed E-state index contributed by atoms with van der Waals surface area (Å²) >= 11 is 4.04. The van der Waals surface area contributed by atoms with Crippen LogP contribution in [-0.4, -0.2) is 39.0 Å². The third kappa shape index (κ3) is 15.7. The van der Waals surface area contributed by atoms with Crippen LogP contribution in [0.3, 0.4) is 0 Å². The molecule has 0 aromatic heterocycles. The van der Waals surface area contributed by atoms with Crippen LogP contribution in [0.15, 0.2) is 0 Å². The summed E-state index contributed by atoms with van der Waals surface area (Å²) in [4.78, 5) is 18.0. The summed E-state index contributed by atoms with van der Waals surface area (Å²) in [7, 11) is 0. The lowest BCUT2D eigenvalue weighted by Gasteiger charge is -2.21. The van der Waals surface area contributed by atoms with Crippen LogP contribution in [0.5, 0.6) is 0 Å². The Bertz CT molecular complexity index is 315. The largest absolute Gasteiger partial charge is 0.394 e. The topological polar surface area (TPSA) is 38.5 Å². The number of thioether (sulfide) groups is 1. The van der Waals surface area contributed by atoms with Crippen molar-refractivity contribution in [3.8, 4) is 0 Å². The van der Waals surface area contributed by atoms with E-state index < -0.39 is 31.1 Å². The van der Waals surface area contributed by atoms with E-state index in [4.69, 9.17) is 4.79 Å².